The van der Waals surface area contributed by atoms with Crippen LogP contribution in [-0.2, 0) is 19.0 Å². The minimum absolute atomic E-state index is 0.0946. The third-order valence-corrected chi connectivity index (χ3v) is 16.1. The van der Waals surface area contributed by atoms with Crippen molar-refractivity contribution in [3.05, 3.63) is 0 Å². The van der Waals surface area contributed by atoms with Crippen molar-refractivity contribution in [2.75, 3.05) is 58.3 Å². The molecule has 328 valence electrons. The van der Waals surface area contributed by atoms with Gasteiger partial charge in [-0.3, -0.25) is 4.79 Å². The maximum absolute atomic E-state index is 13.5. The molecule has 0 aromatic rings. The summed E-state index contributed by atoms with van der Waals surface area (Å²) in [6.45, 7) is 16.2. The van der Waals surface area contributed by atoms with Gasteiger partial charge in [-0.05, 0) is 163 Å². The maximum atomic E-state index is 13.5. The number of carbonyl (C=O) groups excluding carboxylic acids is 1. The van der Waals surface area contributed by atoms with E-state index in [9.17, 15) is 4.79 Å². The fraction of sp³-hybridized carbons (Fsp3) is 0.979. The Morgan fingerprint density at radius 2 is 1.41 bits per heavy atom. The van der Waals surface area contributed by atoms with Gasteiger partial charge in [0.25, 0.3) is 0 Å². The van der Waals surface area contributed by atoms with E-state index >= 15 is 0 Å². The van der Waals surface area contributed by atoms with E-state index in [1.165, 1.54) is 51.4 Å². The molecule has 4 aliphatic carbocycles. The number of hydrogen-bond acceptors (Lipinski definition) is 8. The number of nitrogens with zero attached hydrogens (tertiary/aromatic N) is 1. The van der Waals surface area contributed by atoms with E-state index in [1.54, 1.807) is 0 Å². The molecule has 0 spiro atoms. The Balaban J connectivity index is 1.50. The van der Waals surface area contributed by atoms with E-state index < -0.39 is 0 Å². The van der Waals surface area contributed by atoms with Crippen LogP contribution in [0.25, 0.3) is 0 Å². The van der Waals surface area contributed by atoms with Crippen molar-refractivity contribution in [3.8, 4) is 0 Å². The van der Waals surface area contributed by atoms with Crippen LogP contribution in [0.3, 0.4) is 0 Å². The largest absolute Gasteiger partial charge is 0.378 e. The Morgan fingerprint density at radius 3 is 2.12 bits per heavy atom. The molecule has 4 saturated carbocycles. The average molecular weight is 807 g/mol. The van der Waals surface area contributed by atoms with Crippen molar-refractivity contribution in [2.45, 2.75) is 187 Å². The number of thiol groups is 1. The minimum Gasteiger partial charge on any atom is -0.378 e. The van der Waals surface area contributed by atoms with Crippen LogP contribution in [0, 0.1) is 46.3 Å². The molecule has 0 aromatic carbocycles. The first-order valence-electron chi connectivity index (χ1n) is 24.0. The summed E-state index contributed by atoms with van der Waals surface area (Å²) in [4.78, 5) is 15.8. The maximum Gasteiger partial charge on any atom is 0.222 e. The molecule has 0 bridgehead atoms. The van der Waals surface area contributed by atoms with Crippen LogP contribution in [0.5, 0.6) is 0 Å². The van der Waals surface area contributed by atoms with E-state index in [0.717, 1.165) is 122 Å². The normalized spacial score (nSPS) is 33.1. The van der Waals surface area contributed by atoms with Gasteiger partial charge in [-0.1, -0.05) is 66.2 Å². The first kappa shape index (κ1) is 48.2. The second kappa shape index (κ2) is 25.4. The molecule has 6 N–H and O–H groups in total. The second-order valence-corrected chi connectivity index (χ2v) is 19.7. The highest BCUT2D eigenvalue weighted by atomic mass is 32.1. The summed E-state index contributed by atoms with van der Waals surface area (Å²) >= 11 is 4.39. The summed E-state index contributed by atoms with van der Waals surface area (Å²) in [6, 6.07) is 0. The number of ether oxygens (including phenoxy) is 3. The van der Waals surface area contributed by atoms with Crippen LogP contribution in [0.15, 0.2) is 0 Å². The molecule has 1 amide bonds. The standard InChI is InChI=1S/C47H90N4O4S/c1-5-6-7-8-9-12-27-51(44(52)19-11-10-13-32-56)28-14-18-36(2)39-20-21-40-45-41(35-43(47(39,40)4)55-31-17-26-50)46(3)23-22-38(53-29-15-24-48)33-37(46)34-42(45)54-30-16-25-49/h36-43,45,56H,5-35,48-50H2,1-4H3/t36-,37?,38-,39?,40+,41+,42-,43+,45?,46?,47?/m1/s1. The number of rotatable bonds is 29. The fourth-order valence-corrected chi connectivity index (χ4v) is 12.8. The molecule has 4 rings (SSSR count). The molecule has 56 heavy (non-hydrogen) atoms. The van der Waals surface area contributed by atoms with Gasteiger partial charge in [0, 0.05) is 44.7 Å². The van der Waals surface area contributed by atoms with Crippen molar-refractivity contribution >= 4 is 18.5 Å². The molecule has 0 aliphatic heterocycles. The molecule has 4 aliphatic rings. The predicted molar refractivity (Wildman–Crippen MR) is 237 cm³/mol. The molecule has 4 fully saturated rings. The molecular weight excluding hydrogens is 717 g/mol. The van der Waals surface area contributed by atoms with Crippen LogP contribution < -0.4 is 17.2 Å². The van der Waals surface area contributed by atoms with Gasteiger partial charge < -0.3 is 36.3 Å². The molecule has 11 atom stereocenters. The molecule has 0 saturated heterocycles. The summed E-state index contributed by atoms with van der Waals surface area (Å²) < 4.78 is 20.5. The SMILES string of the molecule is CCCCCCCCN(CCC[C@@H](C)C1CC[C@H]2C3[C@H](OCCCN)CC4C[C@H](OCCCN)CCC4(C)[C@H]3C[C@H](OCCCN)C12C)C(=O)CCCCCS. The van der Waals surface area contributed by atoms with Crippen LogP contribution in [-0.4, -0.2) is 87.4 Å². The zero-order chi connectivity index (χ0) is 40.4. The molecule has 0 aromatic heterocycles. The highest BCUT2D eigenvalue weighted by Crippen LogP contribution is 2.69. The lowest BCUT2D eigenvalue weighted by atomic mass is 9.43. The Hall–Kier alpha value is -0.420. The van der Waals surface area contributed by atoms with Crippen molar-refractivity contribution < 1.29 is 19.0 Å². The number of amides is 1. The summed E-state index contributed by atoms with van der Waals surface area (Å²) in [6.07, 6.45) is 25.6. The molecule has 5 unspecified atom stereocenters. The smallest absolute Gasteiger partial charge is 0.222 e. The highest BCUT2D eigenvalue weighted by molar-refractivity contribution is 7.80. The molecule has 9 heteroatoms. The van der Waals surface area contributed by atoms with Crippen LogP contribution in [0.2, 0.25) is 0 Å². The number of unbranched alkanes of at least 4 members (excludes halogenated alkanes) is 7. The van der Waals surface area contributed by atoms with E-state index in [1.807, 2.05) is 0 Å². The van der Waals surface area contributed by atoms with E-state index in [2.05, 4.69) is 45.2 Å². The molecule has 0 radical (unpaired) electrons. The molecule has 0 heterocycles. The third-order valence-electron chi connectivity index (χ3n) is 15.8. The Labute approximate surface area is 350 Å². The number of nitrogens with two attached hydrogens (primary N) is 3. The molecular formula is C47H90N4O4S. The van der Waals surface area contributed by atoms with E-state index in [0.29, 0.717) is 73.6 Å². The number of fused-ring (bicyclic) bond motifs is 5. The lowest BCUT2D eigenvalue weighted by Gasteiger charge is -2.65. The third kappa shape index (κ3) is 12.8. The van der Waals surface area contributed by atoms with Crippen LogP contribution >= 0.6 is 12.6 Å². The lowest BCUT2D eigenvalue weighted by Crippen LogP contribution is -2.63. The zero-order valence-corrected chi connectivity index (χ0v) is 37.8. The summed E-state index contributed by atoms with van der Waals surface area (Å²) in [5.41, 5.74) is 18.2. The average Bonchev–Trinajstić information content (AvgIpc) is 3.55. The lowest BCUT2D eigenvalue weighted by molar-refractivity contribution is -0.227. The van der Waals surface area contributed by atoms with Gasteiger partial charge in [0.15, 0.2) is 0 Å². The summed E-state index contributed by atoms with van der Waals surface area (Å²) in [7, 11) is 0. The highest BCUT2D eigenvalue weighted by Gasteiger charge is 2.66. The van der Waals surface area contributed by atoms with Crippen LogP contribution in [0.4, 0.5) is 0 Å². The van der Waals surface area contributed by atoms with Gasteiger partial charge in [0.2, 0.25) is 5.91 Å². The van der Waals surface area contributed by atoms with Gasteiger partial charge in [0.05, 0.1) is 18.3 Å². The Kier molecular flexibility index (Phi) is 21.9. The van der Waals surface area contributed by atoms with Crippen molar-refractivity contribution in [3.63, 3.8) is 0 Å². The summed E-state index contributed by atoms with van der Waals surface area (Å²) in [5.74, 6) is 4.76. The number of hydrogen-bond donors (Lipinski definition) is 4. The summed E-state index contributed by atoms with van der Waals surface area (Å²) in [5, 5.41) is 0. The first-order chi connectivity index (χ1) is 27.2. The van der Waals surface area contributed by atoms with Gasteiger partial charge in [0.1, 0.15) is 0 Å². The van der Waals surface area contributed by atoms with Crippen LogP contribution in [0.1, 0.15) is 169 Å². The van der Waals surface area contributed by atoms with Crippen molar-refractivity contribution in [1.29, 1.82) is 0 Å². The monoisotopic (exact) mass is 807 g/mol. The Bertz CT molecular complexity index is 1090. The fourth-order valence-electron chi connectivity index (χ4n) is 12.6. The van der Waals surface area contributed by atoms with Gasteiger partial charge in [-0.15, -0.1) is 0 Å². The predicted octanol–water partition coefficient (Wildman–Crippen LogP) is 9.16. The number of carbonyl (C=O) groups is 1. The van der Waals surface area contributed by atoms with Gasteiger partial charge in [-0.2, -0.15) is 12.6 Å². The Morgan fingerprint density at radius 1 is 0.750 bits per heavy atom. The quantitative estimate of drug-likeness (QED) is 0.0439. The van der Waals surface area contributed by atoms with Crippen molar-refractivity contribution in [1.82, 2.24) is 4.90 Å². The first-order valence-corrected chi connectivity index (χ1v) is 24.7. The second-order valence-electron chi connectivity index (χ2n) is 19.3. The van der Waals surface area contributed by atoms with Crippen molar-refractivity contribution in [2.24, 2.45) is 63.5 Å². The van der Waals surface area contributed by atoms with E-state index in [4.69, 9.17) is 31.4 Å². The van der Waals surface area contributed by atoms with E-state index in [-0.39, 0.29) is 23.0 Å². The zero-order valence-electron chi connectivity index (χ0n) is 36.9. The molecule has 8 nitrogen and oxygen atoms in total. The minimum atomic E-state index is 0.0946. The topological polar surface area (TPSA) is 126 Å². The van der Waals surface area contributed by atoms with Gasteiger partial charge in [-0.25, -0.2) is 0 Å². The van der Waals surface area contributed by atoms with Gasteiger partial charge >= 0.3 is 0 Å².